The minimum atomic E-state index is 0.274. The molecule has 1 saturated heterocycles. The quantitative estimate of drug-likeness (QED) is 0.862. The Bertz CT molecular complexity index is 452. The van der Waals surface area contributed by atoms with Crippen LogP contribution >= 0.6 is 15.9 Å². The molecule has 2 rings (SSSR count). The van der Waals surface area contributed by atoms with Gasteiger partial charge in [0.1, 0.15) is 5.75 Å². The van der Waals surface area contributed by atoms with Crippen molar-refractivity contribution in [3.63, 3.8) is 0 Å². The molecule has 1 aliphatic rings. The van der Waals surface area contributed by atoms with Crippen molar-refractivity contribution < 1.29 is 4.74 Å². The van der Waals surface area contributed by atoms with Crippen LogP contribution in [0.4, 0.5) is 0 Å². The first-order valence-corrected chi connectivity index (χ1v) is 8.19. The highest BCUT2D eigenvalue weighted by Crippen LogP contribution is 2.32. The summed E-state index contributed by atoms with van der Waals surface area (Å²) in [6.45, 7) is 9.08. The zero-order valence-electron chi connectivity index (χ0n) is 12.5. The fraction of sp³-hybridized carbons (Fsp3) is 0.625. The van der Waals surface area contributed by atoms with Crippen molar-refractivity contribution >= 4 is 15.9 Å². The van der Waals surface area contributed by atoms with E-state index in [0.29, 0.717) is 0 Å². The zero-order chi connectivity index (χ0) is 14.6. The summed E-state index contributed by atoms with van der Waals surface area (Å²) in [5.74, 6) is 1.01. The second-order valence-corrected chi connectivity index (χ2v) is 6.99. The highest BCUT2D eigenvalue weighted by molar-refractivity contribution is 9.10. The fourth-order valence-electron chi connectivity index (χ4n) is 2.69. The van der Waals surface area contributed by atoms with Crippen LogP contribution in [0.2, 0.25) is 0 Å². The molecule has 4 heteroatoms. The normalized spacial score (nSPS) is 23.2. The van der Waals surface area contributed by atoms with Crippen LogP contribution in [0.5, 0.6) is 5.75 Å². The van der Waals surface area contributed by atoms with Gasteiger partial charge < -0.3 is 10.5 Å². The fourth-order valence-corrected chi connectivity index (χ4v) is 3.10. The van der Waals surface area contributed by atoms with Crippen LogP contribution in [0.15, 0.2) is 22.7 Å². The van der Waals surface area contributed by atoms with Crippen LogP contribution in [0, 0.1) is 5.41 Å². The molecule has 3 nitrogen and oxygen atoms in total. The lowest BCUT2D eigenvalue weighted by atomic mass is 9.90. The summed E-state index contributed by atoms with van der Waals surface area (Å²) >= 11 is 3.56. The van der Waals surface area contributed by atoms with Crippen LogP contribution in [0.3, 0.4) is 0 Å². The van der Waals surface area contributed by atoms with Gasteiger partial charge in [-0.25, -0.2) is 0 Å². The Morgan fingerprint density at radius 1 is 1.45 bits per heavy atom. The number of rotatable bonds is 6. The van der Waals surface area contributed by atoms with Crippen molar-refractivity contribution in [2.45, 2.75) is 33.2 Å². The number of nitrogens with zero attached hydrogens (tertiary/aromatic N) is 1. The molecule has 1 unspecified atom stereocenters. The first kappa shape index (κ1) is 15.8. The maximum atomic E-state index is 5.88. The second kappa shape index (κ2) is 6.92. The van der Waals surface area contributed by atoms with Gasteiger partial charge in [0.05, 0.1) is 6.61 Å². The predicted molar refractivity (Wildman–Crippen MR) is 87.0 cm³/mol. The van der Waals surface area contributed by atoms with E-state index in [0.717, 1.165) is 49.4 Å². The molecule has 0 spiro atoms. The number of benzene rings is 1. The van der Waals surface area contributed by atoms with Gasteiger partial charge in [0.2, 0.25) is 0 Å². The monoisotopic (exact) mass is 340 g/mol. The molecule has 0 aromatic heterocycles. The molecule has 112 valence electrons. The Hall–Kier alpha value is -0.580. The summed E-state index contributed by atoms with van der Waals surface area (Å²) in [5.41, 5.74) is 7.42. The number of halogens is 1. The van der Waals surface area contributed by atoms with Crippen molar-refractivity contribution in [1.29, 1.82) is 0 Å². The molecule has 1 aromatic carbocycles. The van der Waals surface area contributed by atoms with E-state index in [2.05, 4.69) is 46.8 Å². The molecule has 0 amide bonds. The summed E-state index contributed by atoms with van der Waals surface area (Å²) in [6.07, 6.45) is 2.22. The molecule has 1 aromatic rings. The van der Waals surface area contributed by atoms with Gasteiger partial charge in [-0.05, 0) is 49.5 Å². The molecule has 1 fully saturated rings. The Balaban J connectivity index is 2.06. The van der Waals surface area contributed by atoms with Crippen LogP contribution in [0.1, 0.15) is 32.3 Å². The van der Waals surface area contributed by atoms with Crippen molar-refractivity contribution in [3.05, 3.63) is 28.2 Å². The van der Waals surface area contributed by atoms with E-state index in [1.807, 2.05) is 6.07 Å². The van der Waals surface area contributed by atoms with E-state index in [1.54, 1.807) is 0 Å². The molecule has 20 heavy (non-hydrogen) atoms. The van der Waals surface area contributed by atoms with Gasteiger partial charge in [0.15, 0.2) is 0 Å². The second-order valence-electron chi connectivity index (χ2n) is 6.08. The Morgan fingerprint density at radius 2 is 2.25 bits per heavy atom. The van der Waals surface area contributed by atoms with Gasteiger partial charge in [-0.2, -0.15) is 0 Å². The average molecular weight is 341 g/mol. The highest BCUT2D eigenvalue weighted by atomic mass is 79.9. The van der Waals surface area contributed by atoms with Gasteiger partial charge in [0.25, 0.3) is 0 Å². The number of hydrogen-bond acceptors (Lipinski definition) is 3. The van der Waals surface area contributed by atoms with E-state index in [4.69, 9.17) is 10.5 Å². The first-order valence-electron chi connectivity index (χ1n) is 7.40. The van der Waals surface area contributed by atoms with E-state index in [1.165, 1.54) is 12.0 Å². The van der Waals surface area contributed by atoms with Gasteiger partial charge >= 0.3 is 0 Å². The maximum absolute atomic E-state index is 5.88. The standard InChI is InChI=1S/C16H25BrN2O/c1-3-8-20-15-5-4-14(17)9-13(15)10-19-7-6-16(2,11-18)12-19/h4-5,9H,3,6-8,10-12,18H2,1-2H3. The lowest BCUT2D eigenvalue weighted by Crippen LogP contribution is -2.31. The lowest BCUT2D eigenvalue weighted by Gasteiger charge is -2.23. The Kier molecular flexibility index (Phi) is 5.47. The minimum absolute atomic E-state index is 0.274. The number of hydrogen-bond donors (Lipinski definition) is 1. The summed E-state index contributed by atoms with van der Waals surface area (Å²) in [7, 11) is 0. The third-order valence-corrected chi connectivity index (χ3v) is 4.50. The molecular formula is C16H25BrN2O. The maximum Gasteiger partial charge on any atom is 0.123 e. The largest absolute Gasteiger partial charge is 0.493 e. The third-order valence-electron chi connectivity index (χ3n) is 4.01. The van der Waals surface area contributed by atoms with Gasteiger partial charge in [-0.1, -0.05) is 29.8 Å². The Morgan fingerprint density at radius 3 is 2.90 bits per heavy atom. The van der Waals surface area contributed by atoms with E-state index >= 15 is 0 Å². The zero-order valence-corrected chi connectivity index (χ0v) is 14.1. The van der Waals surface area contributed by atoms with Gasteiger partial charge in [0, 0.05) is 23.1 Å². The molecule has 0 radical (unpaired) electrons. The first-order chi connectivity index (χ1) is 9.56. The molecular weight excluding hydrogens is 316 g/mol. The SMILES string of the molecule is CCCOc1ccc(Br)cc1CN1CCC(C)(CN)C1. The number of nitrogens with two attached hydrogens (primary N) is 1. The Labute approximate surface area is 130 Å². The molecule has 1 heterocycles. The molecule has 2 N–H and O–H groups in total. The molecule has 1 aliphatic heterocycles. The molecule has 1 atom stereocenters. The summed E-state index contributed by atoms with van der Waals surface area (Å²) in [6, 6.07) is 6.28. The van der Waals surface area contributed by atoms with E-state index in [9.17, 15) is 0 Å². The van der Waals surface area contributed by atoms with Crippen molar-refractivity contribution in [2.75, 3.05) is 26.2 Å². The van der Waals surface area contributed by atoms with Crippen LogP contribution in [-0.4, -0.2) is 31.1 Å². The smallest absolute Gasteiger partial charge is 0.123 e. The highest BCUT2D eigenvalue weighted by Gasteiger charge is 2.32. The topological polar surface area (TPSA) is 38.5 Å². The third kappa shape index (κ3) is 3.96. The van der Waals surface area contributed by atoms with E-state index in [-0.39, 0.29) is 5.41 Å². The minimum Gasteiger partial charge on any atom is -0.493 e. The summed E-state index contributed by atoms with van der Waals surface area (Å²) < 4.78 is 6.97. The number of ether oxygens (including phenoxy) is 1. The summed E-state index contributed by atoms with van der Waals surface area (Å²) in [5, 5.41) is 0. The molecule has 0 aliphatic carbocycles. The van der Waals surface area contributed by atoms with Crippen LogP contribution in [-0.2, 0) is 6.54 Å². The molecule has 0 saturated carbocycles. The van der Waals surface area contributed by atoms with Crippen LogP contribution in [0.25, 0.3) is 0 Å². The lowest BCUT2D eigenvalue weighted by molar-refractivity contribution is 0.264. The van der Waals surface area contributed by atoms with E-state index < -0.39 is 0 Å². The average Bonchev–Trinajstić information content (AvgIpc) is 2.80. The van der Waals surface area contributed by atoms with Gasteiger partial charge in [-0.15, -0.1) is 0 Å². The molecule has 0 bridgehead atoms. The number of likely N-dealkylation sites (tertiary alicyclic amines) is 1. The van der Waals surface area contributed by atoms with Gasteiger partial charge in [-0.3, -0.25) is 4.90 Å². The van der Waals surface area contributed by atoms with Crippen molar-refractivity contribution in [3.8, 4) is 5.75 Å². The summed E-state index contributed by atoms with van der Waals surface area (Å²) in [4.78, 5) is 2.48. The predicted octanol–water partition coefficient (Wildman–Crippen LogP) is 3.41. The van der Waals surface area contributed by atoms with Crippen LogP contribution < -0.4 is 10.5 Å². The van der Waals surface area contributed by atoms with Crippen molar-refractivity contribution in [1.82, 2.24) is 4.90 Å². The van der Waals surface area contributed by atoms with Crippen molar-refractivity contribution in [2.24, 2.45) is 11.1 Å².